The maximum Gasteiger partial charge on any atom is 0.281 e. The van der Waals surface area contributed by atoms with Gasteiger partial charge < -0.3 is 15.2 Å². The molecule has 1 heterocycles. The summed E-state index contributed by atoms with van der Waals surface area (Å²) in [6.07, 6.45) is 1.36. The summed E-state index contributed by atoms with van der Waals surface area (Å²) in [5, 5.41) is -0.0470. The van der Waals surface area contributed by atoms with Crippen LogP contribution in [0.2, 0.25) is 0 Å². The van der Waals surface area contributed by atoms with Crippen LogP contribution in [0.1, 0.15) is 0 Å². The molecular formula is C12H17N5O2S. The van der Waals surface area contributed by atoms with Gasteiger partial charge in [0.1, 0.15) is 0 Å². The largest absolute Gasteiger partial charge is 0.381 e. The molecule has 3 N–H and O–H groups in total. The Morgan fingerprint density at radius 3 is 2.30 bits per heavy atom. The number of nitrogens with two attached hydrogens (primary N) is 1. The molecule has 0 atom stereocenters. The topological polar surface area (TPSA) is 93.2 Å². The quantitative estimate of drug-likeness (QED) is 0.873. The standard InChI is InChI=1S/C12H17N5O2S/c1-16(2)10-6-4-9(5-7-10)15-20(18,19)12-11(13)14-8-17(12)3/h4-8,15H,13H2,1-3H3. The van der Waals surface area contributed by atoms with E-state index in [0.717, 1.165) is 5.69 Å². The lowest BCUT2D eigenvalue weighted by Crippen LogP contribution is -2.17. The van der Waals surface area contributed by atoms with Gasteiger partial charge in [0, 0.05) is 32.5 Å². The van der Waals surface area contributed by atoms with Crippen LogP contribution in [0.25, 0.3) is 0 Å². The zero-order valence-corrected chi connectivity index (χ0v) is 12.3. The van der Waals surface area contributed by atoms with Crippen LogP contribution in [0.5, 0.6) is 0 Å². The van der Waals surface area contributed by atoms with Crippen LogP contribution in [-0.2, 0) is 17.1 Å². The second-order valence-electron chi connectivity index (χ2n) is 4.59. The van der Waals surface area contributed by atoms with Crippen molar-refractivity contribution in [3.63, 3.8) is 0 Å². The van der Waals surface area contributed by atoms with Crippen molar-refractivity contribution in [1.29, 1.82) is 0 Å². The molecule has 0 aliphatic carbocycles. The fraction of sp³-hybridized carbons (Fsp3) is 0.250. The molecule has 2 rings (SSSR count). The third-order valence-electron chi connectivity index (χ3n) is 2.80. The summed E-state index contributed by atoms with van der Waals surface area (Å²) in [5.41, 5.74) is 7.04. The van der Waals surface area contributed by atoms with Gasteiger partial charge >= 0.3 is 0 Å². The normalized spacial score (nSPS) is 11.3. The summed E-state index contributed by atoms with van der Waals surface area (Å²) in [7, 11) is 1.65. The van der Waals surface area contributed by atoms with E-state index in [1.165, 1.54) is 10.9 Å². The van der Waals surface area contributed by atoms with Crippen molar-refractivity contribution in [3.8, 4) is 0 Å². The minimum absolute atomic E-state index is 0.0232. The van der Waals surface area contributed by atoms with E-state index in [2.05, 4.69) is 9.71 Å². The Kier molecular flexibility index (Phi) is 3.58. The predicted molar refractivity (Wildman–Crippen MR) is 79.2 cm³/mol. The Hall–Kier alpha value is -2.22. The van der Waals surface area contributed by atoms with Gasteiger partial charge in [0.2, 0.25) is 0 Å². The van der Waals surface area contributed by atoms with Crippen molar-refractivity contribution in [1.82, 2.24) is 9.55 Å². The van der Waals surface area contributed by atoms with Gasteiger partial charge in [-0.05, 0) is 24.3 Å². The molecule has 108 valence electrons. The second-order valence-corrected chi connectivity index (χ2v) is 6.19. The Morgan fingerprint density at radius 2 is 1.85 bits per heavy atom. The minimum Gasteiger partial charge on any atom is -0.381 e. The van der Waals surface area contributed by atoms with Gasteiger partial charge in [-0.3, -0.25) is 4.72 Å². The molecule has 0 saturated carbocycles. The monoisotopic (exact) mass is 295 g/mol. The van der Waals surface area contributed by atoms with Crippen LogP contribution in [0, 0.1) is 0 Å². The lowest BCUT2D eigenvalue weighted by molar-refractivity contribution is 0.592. The number of nitrogens with zero attached hydrogens (tertiary/aromatic N) is 3. The lowest BCUT2D eigenvalue weighted by atomic mass is 10.3. The number of hydrogen-bond acceptors (Lipinski definition) is 5. The first-order valence-corrected chi connectivity index (χ1v) is 7.36. The van der Waals surface area contributed by atoms with Gasteiger partial charge in [-0.1, -0.05) is 0 Å². The van der Waals surface area contributed by atoms with Crippen molar-refractivity contribution in [2.45, 2.75) is 5.03 Å². The Bertz CT molecular complexity index is 684. The number of benzene rings is 1. The SMILES string of the molecule is CN(C)c1ccc(NS(=O)(=O)c2c(N)ncn2C)cc1. The van der Waals surface area contributed by atoms with Gasteiger partial charge in [-0.15, -0.1) is 0 Å². The zero-order valence-electron chi connectivity index (χ0n) is 11.5. The van der Waals surface area contributed by atoms with E-state index in [9.17, 15) is 8.42 Å². The number of nitrogens with one attached hydrogen (secondary N) is 1. The number of aryl methyl sites for hydroxylation is 1. The van der Waals surface area contributed by atoms with E-state index in [0.29, 0.717) is 5.69 Å². The van der Waals surface area contributed by atoms with Gasteiger partial charge in [0.25, 0.3) is 10.0 Å². The lowest BCUT2D eigenvalue weighted by Gasteiger charge is -2.13. The highest BCUT2D eigenvalue weighted by atomic mass is 32.2. The van der Waals surface area contributed by atoms with Crippen LogP contribution in [0.15, 0.2) is 35.6 Å². The van der Waals surface area contributed by atoms with Gasteiger partial charge in [0.15, 0.2) is 10.8 Å². The predicted octanol–water partition coefficient (Wildman–Crippen LogP) is 0.869. The molecule has 0 aliphatic heterocycles. The first-order valence-electron chi connectivity index (χ1n) is 5.88. The first-order chi connectivity index (χ1) is 9.31. The summed E-state index contributed by atoms with van der Waals surface area (Å²) in [6.45, 7) is 0. The summed E-state index contributed by atoms with van der Waals surface area (Å²) >= 11 is 0. The molecule has 1 aromatic heterocycles. The third kappa shape index (κ3) is 2.69. The molecule has 0 bridgehead atoms. The van der Waals surface area contributed by atoms with E-state index in [1.807, 2.05) is 31.1 Å². The van der Waals surface area contributed by atoms with Crippen LogP contribution in [-0.4, -0.2) is 32.1 Å². The van der Waals surface area contributed by atoms with Crippen molar-refractivity contribution in [2.75, 3.05) is 29.5 Å². The fourth-order valence-electron chi connectivity index (χ4n) is 1.80. The number of rotatable bonds is 4. The van der Waals surface area contributed by atoms with Crippen LogP contribution in [0.3, 0.4) is 0 Å². The fourth-order valence-corrected chi connectivity index (χ4v) is 3.09. The van der Waals surface area contributed by atoms with Gasteiger partial charge in [-0.2, -0.15) is 8.42 Å². The Labute approximate surface area is 118 Å². The number of hydrogen-bond donors (Lipinski definition) is 2. The molecule has 0 fully saturated rings. The average molecular weight is 295 g/mol. The van der Waals surface area contributed by atoms with E-state index in [1.54, 1.807) is 19.2 Å². The smallest absolute Gasteiger partial charge is 0.281 e. The van der Waals surface area contributed by atoms with Gasteiger partial charge in [0.05, 0.1) is 6.33 Å². The van der Waals surface area contributed by atoms with Crippen molar-refractivity contribution in [3.05, 3.63) is 30.6 Å². The van der Waals surface area contributed by atoms with Crippen LogP contribution >= 0.6 is 0 Å². The van der Waals surface area contributed by atoms with Crippen molar-refractivity contribution < 1.29 is 8.42 Å². The second kappa shape index (κ2) is 5.04. The summed E-state index contributed by atoms with van der Waals surface area (Å²) < 4.78 is 28.4. The molecule has 1 aromatic carbocycles. The van der Waals surface area contributed by atoms with Crippen molar-refractivity contribution in [2.24, 2.45) is 7.05 Å². The zero-order chi connectivity index (χ0) is 14.9. The van der Waals surface area contributed by atoms with E-state index < -0.39 is 10.0 Å². The van der Waals surface area contributed by atoms with E-state index in [-0.39, 0.29) is 10.8 Å². The maximum absolute atomic E-state index is 12.3. The molecule has 0 saturated heterocycles. The van der Waals surface area contributed by atoms with Crippen LogP contribution in [0.4, 0.5) is 17.2 Å². The molecule has 2 aromatic rings. The summed E-state index contributed by atoms with van der Waals surface area (Å²) in [6, 6.07) is 7.04. The van der Waals surface area contributed by atoms with E-state index >= 15 is 0 Å². The molecule has 0 spiro atoms. The maximum atomic E-state index is 12.3. The summed E-state index contributed by atoms with van der Waals surface area (Å²) in [5.74, 6) is -0.0232. The number of anilines is 3. The molecular weight excluding hydrogens is 278 g/mol. The number of imidazole rings is 1. The number of aromatic nitrogens is 2. The first kappa shape index (κ1) is 14.2. The molecule has 8 heteroatoms. The molecule has 0 amide bonds. The Morgan fingerprint density at radius 1 is 1.25 bits per heavy atom. The molecule has 7 nitrogen and oxygen atoms in total. The van der Waals surface area contributed by atoms with Crippen molar-refractivity contribution >= 4 is 27.2 Å². The molecule has 0 unspecified atom stereocenters. The highest BCUT2D eigenvalue weighted by Crippen LogP contribution is 2.21. The highest BCUT2D eigenvalue weighted by Gasteiger charge is 2.22. The summed E-state index contributed by atoms with van der Waals surface area (Å²) in [4.78, 5) is 5.70. The molecule has 0 aliphatic rings. The van der Waals surface area contributed by atoms with Gasteiger partial charge in [-0.25, -0.2) is 4.98 Å². The minimum atomic E-state index is -3.75. The Balaban J connectivity index is 2.29. The number of sulfonamides is 1. The highest BCUT2D eigenvalue weighted by molar-refractivity contribution is 7.92. The average Bonchev–Trinajstić information content (AvgIpc) is 2.69. The molecule has 0 radical (unpaired) electrons. The van der Waals surface area contributed by atoms with Crippen LogP contribution < -0.4 is 15.4 Å². The molecule has 20 heavy (non-hydrogen) atoms. The third-order valence-corrected chi connectivity index (χ3v) is 4.31. The van der Waals surface area contributed by atoms with E-state index in [4.69, 9.17) is 5.73 Å². The number of nitrogen functional groups attached to an aromatic ring is 1.